The number of nitrogens with zero attached hydrogens (tertiary/aromatic N) is 1. The van der Waals surface area contributed by atoms with Crippen LogP contribution in [0.4, 0.5) is 10.5 Å². The van der Waals surface area contributed by atoms with Crippen molar-refractivity contribution in [3.63, 3.8) is 0 Å². The number of hydrogen-bond acceptors (Lipinski definition) is 2. The van der Waals surface area contributed by atoms with E-state index >= 15 is 0 Å². The van der Waals surface area contributed by atoms with Crippen LogP contribution in [-0.2, 0) is 4.84 Å². The van der Waals surface area contributed by atoms with E-state index in [9.17, 15) is 4.79 Å². The minimum absolute atomic E-state index is 0.529. The molecule has 1 rings (SSSR count). The first-order chi connectivity index (χ1) is 7.15. The molecule has 1 aromatic rings. The summed E-state index contributed by atoms with van der Waals surface area (Å²) < 4.78 is 0. The zero-order valence-electron chi connectivity index (χ0n) is 7.98. The van der Waals surface area contributed by atoms with E-state index in [1.54, 1.807) is 24.3 Å². The van der Waals surface area contributed by atoms with Gasteiger partial charge in [-0.3, -0.25) is 4.84 Å². The highest BCUT2D eigenvalue weighted by Gasteiger charge is 2.19. The van der Waals surface area contributed by atoms with Crippen LogP contribution in [0.1, 0.15) is 0 Å². The highest BCUT2D eigenvalue weighted by Crippen LogP contribution is 2.13. The number of nitrogens with one attached hydrogen (secondary N) is 1. The van der Waals surface area contributed by atoms with Crippen molar-refractivity contribution in [1.29, 1.82) is 0 Å². The molecule has 0 spiro atoms. The summed E-state index contributed by atoms with van der Waals surface area (Å²) in [6, 6.07) is 8.39. The topological polar surface area (TPSA) is 41.6 Å². The average Bonchev–Trinajstić information content (AvgIpc) is 2.19. The number of benzene rings is 1. The van der Waals surface area contributed by atoms with Crippen LogP contribution in [0.5, 0.6) is 0 Å². The van der Waals surface area contributed by atoms with Crippen LogP contribution in [-0.4, -0.2) is 23.2 Å². The van der Waals surface area contributed by atoms with Crippen molar-refractivity contribution in [1.82, 2.24) is 5.06 Å². The lowest BCUT2D eigenvalue weighted by molar-refractivity contribution is -0.0760. The highest BCUT2D eigenvalue weighted by atomic mass is 35.5. The van der Waals surface area contributed by atoms with Crippen LogP contribution >= 0.6 is 23.2 Å². The maximum absolute atomic E-state index is 11.5. The van der Waals surface area contributed by atoms with Gasteiger partial charge >= 0.3 is 6.03 Å². The van der Waals surface area contributed by atoms with Gasteiger partial charge in [0.05, 0.1) is 7.11 Å². The lowest BCUT2D eigenvalue weighted by Crippen LogP contribution is -2.36. The summed E-state index contributed by atoms with van der Waals surface area (Å²) in [6.45, 7) is 0. The monoisotopic (exact) mass is 248 g/mol. The predicted octanol–water partition coefficient (Wildman–Crippen LogP) is 2.84. The van der Waals surface area contributed by atoms with Crippen molar-refractivity contribution in [2.75, 3.05) is 12.4 Å². The number of rotatable bonds is 3. The van der Waals surface area contributed by atoms with E-state index in [2.05, 4.69) is 5.32 Å². The smallest absolute Gasteiger partial charge is 0.306 e. The van der Waals surface area contributed by atoms with Crippen molar-refractivity contribution in [3.05, 3.63) is 30.3 Å². The molecule has 0 aromatic heterocycles. The van der Waals surface area contributed by atoms with Gasteiger partial charge in [-0.05, 0) is 12.1 Å². The lowest BCUT2D eigenvalue weighted by atomic mass is 10.3. The second-order valence-corrected chi connectivity index (χ2v) is 3.63. The van der Waals surface area contributed by atoms with Gasteiger partial charge in [-0.15, -0.1) is 0 Å². The van der Waals surface area contributed by atoms with E-state index in [0.29, 0.717) is 5.69 Å². The van der Waals surface area contributed by atoms with Crippen molar-refractivity contribution >= 4 is 34.9 Å². The van der Waals surface area contributed by atoms with Gasteiger partial charge in [0, 0.05) is 5.69 Å². The zero-order chi connectivity index (χ0) is 11.3. The molecule has 6 heteroatoms. The summed E-state index contributed by atoms with van der Waals surface area (Å²) in [7, 11) is 1.31. The third kappa shape index (κ3) is 3.58. The first kappa shape index (κ1) is 12.1. The fraction of sp³-hybridized carbons (Fsp3) is 0.222. The summed E-state index contributed by atoms with van der Waals surface area (Å²) in [5.74, 6) is 0. The minimum atomic E-state index is -1.06. The number of para-hydroxylation sites is 1. The summed E-state index contributed by atoms with van der Waals surface area (Å²) in [4.78, 5) is 15.2. The Morgan fingerprint density at radius 1 is 1.40 bits per heavy atom. The molecule has 0 aliphatic heterocycles. The fourth-order valence-corrected chi connectivity index (χ4v) is 1.29. The Kier molecular flexibility index (Phi) is 4.68. The molecular weight excluding hydrogens is 239 g/mol. The van der Waals surface area contributed by atoms with Gasteiger partial charge in [0.1, 0.15) is 0 Å². The van der Waals surface area contributed by atoms with Gasteiger partial charge in [-0.1, -0.05) is 41.4 Å². The molecule has 0 aliphatic rings. The molecule has 82 valence electrons. The Morgan fingerprint density at radius 2 is 2.00 bits per heavy atom. The zero-order valence-corrected chi connectivity index (χ0v) is 9.50. The molecule has 0 saturated carbocycles. The summed E-state index contributed by atoms with van der Waals surface area (Å²) in [6.07, 6.45) is 0. The lowest BCUT2D eigenvalue weighted by Gasteiger charge is -2.20. The number of hydroxylamine groups is 2. The molecule has 0 unspecified atom stereocenters. The van der Waals surface area contributed by atoms with E-state index < -0.39 is 11.0 Å². The molecule has 0 radical (unpaired) electrons. The average molecular weight is 249 g/mol. The summed E-state index contributed by atoms with van der Waals surface area (Å²) >= 11 is 11.0. The highest BCUT2D eigenvalue weighted by molar-refractivity contribution is 6.44. The molecule has 2 amide bonds. The van der Waals surface area contributed by atoms with Crippen LogP contribution in [0.3, 0.4) is 0 Å². The number of hydrogen-bond donors (Lipinski definition) is 1. The normalized spacial score (nSPS) is 10.1. The van der Waals surface area contributed by atoms with Gasteiger partial charge in [-0.25, -0.2) is 4.79 Å². The first-order valence-electron chi connectivity index (χ1n) is 4.12. The molecular formula is C9H10Cl2N2O2. The number of urea groups is 1. The van der Waals surface area contributed by atoms with E-state index in [-0.39, 0.29) is 0 Å². The quantitative estimate of drug-likeness (QED) is 0.508. The van der Waals surface area contributed by atoms with Crippen LogP contribution in [0.2, 0.25) is 0 Å². The van der Waals surface area contributed by atoms with Crippen molar-refractivity contribution in [2.45, 2.75) is 4.96 Å². The molecule has 15 heavy (non-hydrogen) atoms. The summed E-state index contributed by atoms with van der Waals surface area (Å²) in [5.41, 5.74) is 0.638. The van der Waals surface area contributed by atoms with Gasteiger partial charge in [0.15, 0.2) is 0 Å². The largest absolute Gasteiger partial charge is 0.348 e. The van der Waals surface area contributed by atoms with Crippen molar-refractivity contribution in [3.8, 4) is 0 Å². The van der Waals surface area contributed by atoms with Gasteiger partial charge in [0.25, 0.3) is 0 Å². The van der Waals surface area contributed by atoms with E-state index in [1.807, 2.05) is 6.07 Å². The third-order valence-electron chi connectivity index (χ3n) is 1.60. The molecule has 1 N–H and O–H groups in total. The molecule has 4 nitrogen and oxygen atoms in total. The number of anilines is 1. The standard InChI is InChI=1S/C9H10Cl2N2O2/c1-15-13(8(10)11)9(14)12-7-5-3-2-4-6-7/h2-6,8H,1H3,(H,12,14). The Bertz CT molecular complexity index is 319. The van der Waals surface area contributed by atoms with E-state index in [1.165, 1.54) is 7.11 Å². The Hall–Kier alpha value is -0.970. The second kappa shape index (κ2) is 5.80. The number of carbonyl (C=O) groups excluding carboxylic acids is 1. The first-order valence-corrected chi connectivity index (χ1v) is 5.00. The van der Waals surface area contributed by atoms with E-state index in [0.717, 1.165) is 5.06 Å². The number of carbonyl (C=O) groups is 1. The van der Waals surface area contributed by atoms with Gasteiger partial charge in [-0.2, -0.15) is 5.06 Å². The van der Waals surface area contributed by atoms with Crippen molar-refractivity contribution < 1.29 is 9.63 Å². The Balaban J connectivity index is 2.62. The Morgan fingerprint density at radius 3 is 2.47 bits per heavy atom. The summed E-state index contributed by atoms with van der Waals surface area (Å²) in [5, 5.41) is 3.38. The predicted molar refractivity (Wildman–Crippen MR) is 59.8 cm³/mol. The molecule has 0 bridgehead atoms. The number of alkyl halides is 2. The maximum Gasteiger partial charge on any atom is 0.348 e. The number of halogens is 2. The van der Waals surface area contributed by atoms with Crippen LogP contribution in [0.25, 0.3) is 0 Å². The van der Waals surface area contributed by atoms with E-state index in [4.69, 9.17) is 28.0 Å². The van der Waals surface area contributed by atoms with Crippen LogP contribution in [0, 0.1) is 0 Å². The van der Waals surface area contributed by atoms with Gasteiger partial charge in [0.2, 0.25) is 4.96 Å². The third-order valence-corrected chi connectivity index (χ3v) is 1.95. The van der Waals surface area contributed by atoms with Crippen molar-refractivity contribution in [2.24, 2.45) is 0 Å². The molecule has 0 heterocycles. The fourth-order valence-electron chi connectivity index (χ4n) is 0.951. The maximum atomic E-state index is 11.5. The molecule has 1 aromatic carbocycles. The molecule has 0 fully saturated rings. The minimum Gasteiger partial charge on any atom is -0.306 e. The van der Waals surface area contributed by atoms with Gasteiger partial charge < -0.3 is 5.32 Å². The molecule has 0 saturated heterocycles. The molecule has 0 aliphatic carbocycles. The van der Waals surface area contributed by atoms with Crippen LogP contribution in [0.15, 0.2) is 30.3 Å². The number of amides is 2. The Labute approximate surface area is 97.7 Å². The molecule has 0 atom stereocenters. The SMILES string of the molecule is CON(C(=O)Nc1ccccc1)C(Cl)Cl. The second-order valence-electron chi connectivity index (χ2n) is 2.58. The van der Waals surface area contributed by atoms with Crippen LogP contribution < -0.4 is 5.32 Å².